The molecule has 0 spiro atoms. The molecule has 0 radical (unpaired) electrons. The number of carbonyl (C=O) groups is 6. The zero-order valence-corrected chi connectivity index (χ0v) is 33.9. The van der Waals surface area contributed by atoms with Crippen LogP contribution in [-0.2, 0) is 35.2 Å². The lowest BCUT2D eigenvalue weighted by Crippen LogP contribution is -2.36. The molecule has 8 N–H and O–H groups in total. The number of para-hydroxylation sites is 1. The third kappa shape index (κ3) is 17.9. The third-order valence-corrected chi connectivity index (χ3v) is 9.02. The Hall–Kier alpha value is -8.19. The second kappa shape index (κ2) is 25.4. The highest BCUT2D eigenvalue weighted by molar-refractivity contribution is 6.00. The minimum Gasteiger partial charge on any atom is -0.478 e. The van der Waals surface area contributed by atoms with Gasteiger partial charge >= 0.3 is 35.8 Å². The van der Waals surface area contributed by atoms with Crippen LogP contribution in [0.15, 0.2) is 128 Å². The van der Waals surface area contributed by atoms with Crippen LogP contribution in [0.2, 0.25) is 0 Å². The van der Waals surface area contributed by atoms with Gasteiger partial charge in [0.15, 0.2) is 0 Å². The predicted octanol–water partition coefficient (Wildman–Crippen LogP) is 5.66. The Bertz CT molecular complexity index is 2260. The maximum absolute atomic E-state index is 9.55. The van der Waals surface area contributed by atoms with Crippen LogP contribution < -0.4 is 10.5 Å². The molecule has 19 heteroatoms. The molecule has 6 rings (SSSR count). The maximum Gasteiger partial charge on any atom is 0.328 e. The SMILES string of the molecule is CN(CCc1ccccn1)C1CCC(n2cc(-c3ccc(Oc4ccccc4)cc3)c3c(N)ncnc32)CC1.O=C(O)/C=C\C(=O)O.O=C(O)/C=C\C(=O)O.O=C(O)/C=C\C(=O)O. The van der Waals surface area contributed by atoms with E-state index in [0.717, 1.165) is 78.0 Å². The molecular weight excluding hydrogens is 821 g/mol. The second-order valence-electron chi connectivity index (χ2n) is 13.4. The number of nitrogens with two attached hydrogens (primary N) is 1. The molecule has 3 aromatic heterocycles. The molecule has 0 unspecified atom stereocenters. The number of rotatable bonds is 14. The molecule has 2 aromatic carbocycles. The standard InChI is InChI=1S/C32H34N6O.3C4H4O4/c1-37(20-18-24-7-5-6-19-34-24)25-12-14-26(15-13-25)38-21-29(30-31(33)35-22-36-32(30)38)23-10-16-28(17-11-23)39-27-8-3-2-4-9-27;3*5-3(6)1-2-4(7)8/h2-11,16-17,19,21-22,25-26H,12-15,18,20H2,1H3,(H2,33,35,36);3*1-2H,(H,5,6)(H,7,8)/b;3*2-1-. The van der Waals surface area contributed by atoms with Gasteiger partial charge in [0.1, 0.15) is 29.3 Å². The number of nitrogens with zero attached hydrogens (tertiary/aromatic N) is 5. The number of carboxylic acid groups (broad SMARTS) is 6. The average molecular weight is 867 g/mol. The molecule has 63 heavy (non-hydrogen) atoms. The number of hydrogen-bond acceptors (Lipinski definition) is 12. The van der Waals surface area contributed by atoms with Gasteiger partial charge < -0.3 is 50.6 Å². The number of anilines is 1. The summed E-state index contributed by atoms with van der Waals surface area (Å²) in [5, 5.41) is 47.8. The Labute approximate surface area is 360 Å². The first-order chi connectivity index (χ1) is 30.0. The summed E-state index contributed by atoms with van der Waals surface area (Å²) in [7, 11) is 2.25. The summed E-state index contributed by atoms with van der Waals surface area (Å²) in [5.41, 5.74) is 10.6. The Morgan fingerprint density at radius 1 is 0.667 bits per heavy atom. The molecule has 0 saturated heterocycles. The number of benzene rings is 2. The van der Waals surface area contributed by atoms with Crippen molar-refractivity contribution in [1.29, 1.82) is 0 Å². The Morgan fingerprint density at radius 3 is 1.63 bits per heavy atom. The number of fused-ring (bicyclic) bond motifs is 1. The molecular formula is C44H46N6O13. The normalized spacial score (nSPS) is 14.4. The fourth-order valence-corrected chi connectivity index (χ4v) is 6.16. The summed E-state index contributed by atoms with van der Waals surface area (Å²) >= 11 is 0. The molecule has 1 aliphatic carbocycles. The predicted molar refractivity (Wildman–Crippen MR) is 229 cm³/mol. The first-order valence-electron chi connectivity index (χ1n) is 19.0. The van der Waals surface area contributed by atoms with Gasteiger partial charge in [-0.05, 0) is 74.7 Å². The van der Waals surface area contributed by atoms with E-state index in [2.05, 4.69) is 61.9 Å². The molecule has 0 atom stereocenters. The van der Waals surface area contributed by atoms with Gasteiger partial charge in [-0.15, -0.1) is 0 Å². The molecule has 1 fully saturated rings. The van der Waals surface area contributed by atoms with Crippen LogP contribution in [0.25, 0.3) is 22.2 Å². The summed E-state index contributed by atoms with van der Waals surface area (Å²) in [4.78, 5) is 73.3. The smallest absolute Gasteiger partial charge is 0.328 e. The van der Waals surface area contributed by atoms with Gasteiger partial charge in [-0.25, -0.2) is 38.7 Å². The topological polar surface area (TPSA) is 306 Å². The summed E-state index contributed by atoms with van der Waals surface area (Å²) in [6.45, 7) is 1.02. The molecule has 0 bridgehead atoms. The Morgan fingerprint density at radius 2 is 1.16 bits per heavy atom. The van der Waals surface area contributed by atoms with Gasteiger partial charge in [-0.1, -0.05) is 36.4 Å². The molecule has 5 aromatic rings. The molecule has 0 amide bonds. The Kier molecular flexibility index (Phi) is 19.9. The summed E-state index contributed by atoms with van der Waals surface area (Å²) < 4.78 is 8.33. The highest BCUT2D eigenvalue weighted by Gasteiger charge is 2.27. The minimum absolute atomic E-state index is 0.386. The van der Waals surface area contributed by atoms with Crippen molar-refractivity contribution in [2.45, 2.75) is 44.2 Å². The zero-order chi connectivity index (χ0) is 46.3. The van der Waals surface area contributed by atoms with Crippen molar-refractivity contribution in [3.8, 4) is 22.6 Å². The molecule has 330 valence electrons. The molecule has 0 aliphatic heterocycles. The van der Waals surface area contributed by atoms with Crippen LogP contribution in [0.5, 0.6) is 11.5 Å². The van der Waals surface area contributed by atoms with Crippen LogP contribution in [0, 0.1) is 0 Å². The van der Waals surface area contributed by atoms with E-state index in [1.165, 1.54) is 0 Å². The number of carboxylic acids is 6. The van der Waals surface area contributed by atoms with E-state index in [-0.39, 0.29) is 0 Å². The largest absolute Gasteiger partial charge is 0.478 e. The van der Waals surface area contributed by atoms with Crippen molar-refractivity contribution in [2.75, 3.05) is 19.3 Å². The van der Waals surface area contributed by atoms with E-state index < -0.39 is 35.8 Å². The lowest BCUT2D eigenvalue weighted by Gasteiger charge is -2.35. The van der Waals surface area contributed by atoms with E-state index in [1.807, 2.05) is 54.7 Å². The first-order valence-corrected chi connectivity index (χ1v) is 19.0. The van der Waals surface area contributed by atoms with Crippen molar-refractivity contribution in [1.82, 2.24) is 24.4 Å². The van der Waals surface area contributed by atoms with Gasteiger partial charge in [0.25, 0.3) is 0 Å². The first kappa shape index (κ1) is 49.2. The number of ether oxygens (including phenoxy) is 1. The lowest BCUT2D eigenvalue weighted by atomic mass is 9.90. The van der Waals surface area contributed by atoms with Crippen molar-refractivity contribution >= 4 is 52.7 Å². The van der Waals surface area contributed by atoms with E-state index in [1.54, 1.807) is 6.33 Å². The lowest BCUT2D eigenvalue weighted by molar-refractivity contribution is -0.134. The van der Waals surface area contributed by atoms with Crippen molar-refractivity contribution in [3.63, 3.8) is 0 Å². The second-order valence-corrected chi connectivity index (χ2v) is 13.4. The number of likely N-dealkylation sites (N-methyl/N-ethyl adjacent to an activating group) is 1. The number of aliphatic carboxylic acids is 6. The van der Waals surface area contributed by atoms with E-state index in [9.17, 15) is 28.8 Å². The van der Waals surface area contributed by atoms with Gasteiger partial charge in [-0.3, -0.25) is 4.98 Å². The van der Waals surface area contributed by atoms with Gasteiger partial charge in [0, 0.05) is 85.2 Å². The van der Waals surface area contributed by atoms with Crippen LogP contribution in [0.3, 0.4) is 0 Å². The zero-order valence-electron chi connectivity index (χ0n) is 33.9. The van der Waals surface area contributed by atoms with Crippen molar-refractivity contribution < 1.29 is 64.1 Å². The van der Waals surface area contributed by atoms with Gasteiger partial charge in [-0.2, -0.15) is 0 Å². The fourth-order valence-electron chi connectivity index (χ4n) is 6.16. The summed E-state index contributed by atoms with van der Waals surface area (Å²) in [6.07, 6.45) is 14.5. The van der Waals surface area contributed by atoms with Crippen LogP contribution in [0.1, 0.15) is 37.4 Å². The molecule has 1 aliphatic rings. The third-order valence-electron chi connectivity index (χ3n) is 9.02. The fraction of sp³-hybridized carbons (Fsp3) is 0.205. The Balaban J connectivity index is 0.000000360. The highest BCUT2D eigenvalue weighted by atomic mass is 16.5. The quantitative estimate of drug-likeness (QED) is 0.0662. The summed E-state index contributed by atoms with van der Waals surface area (Å²) in [5.74, 6) is -5.42. The average Bonchev–Trinajstić information content (AvgIpc) is 3.66. The molecule has 19 nitrogen and oxygen atoms in total. The monoisotopic (exact) mass is 866 g/mol. The van der Waals surface area contributed by atoms with Crippen molar-refractivity contribution in [2.24, 2.45) is 0 Å². The van der Waals surface area contributed by atoms with Gasteiger partial charge in [0.05, 0.1) is 5.39 Å². The maximum atomic E-state index is 9.55. The number of pyridine rings is 1. The van der Waals surface area contributed by atoms with Crippen LogP contribution in [0.4, 0.5) is 5.82 Å². The van der Waals surface area contributed by atoms with E-state index >= 15 is 0 Å². The number of hydrogen-bond donors (Lipinski definition) is 7. The summed E-state index contributed by atoms with van der Waals surface area (Å²) in [6, 6.07) is 25.1. The molecule has 3 heterocycles. The number of nitrogen functional groups attached to an aromatic ring is 1. The number of aromatic nitrogens is 4. The van der Waals surface area contributed by atoms with E-state index in [0.29, 0.717) is 54.4 Å². The minimum atomic E-state index is -1.26. The molecule has 1 saturated carbocycles. The van der Waals surface area contributed by atoms with Crippen molar-refractivity contribution in [3.05, 3.63) is 134 Å². The van der Waals surface area contributed by atoms with Crippen LogP contribution >= 0.6 is 0 Å². The van der Waals surface area contributed by atoms with E-state index in [4.69, 9.17) is 41.1 Å². The van der Waals surface area contributed by atoms with Gasteiger partial charge in [0.2, 0.25) is 0 Å². The highest BCUT2D eigenvalue weighted by Crippen LogP contribution is 2.39. The van der Waals surface area contributed by atoms with Crippen LogP contribution in [-0.4, -0.2) is 111 Å².